The average molecular weight is 316 g/mol. The van der Waals surface area contributed by atoms with Crippen molar-refractivity contribution < 1.29 is 9.21 Å². The summed E-state index contributed by atoms with van der Waals surface area (Å²) < 4.78 is 6.21. The number of nitrogens with zero attached hydrogens (tertiary/aromatic N) is 4. The van der Waals surface area contributed by atoms with Gasteiger partial charge in [-0.15, -0.1) is 5.10 Å². The van der Waals surface area contributed by atoms with E-state index in [1.54, 1.807) is 24.5 Å². The second kappa shape index (κ2) is 6.36. The van der Waals surface area contributed by atoms with Gasteiger partial charge in [-0.2, -0.15) is 4.68 Å². The van der Waals surface area contributed by atoms with Gasteiger partial charge in [-0.05, 0) is 30.4 Å². The summed E-state index contributed by atoms with van der Waals surface area (Å²) in [6, 6.07) is 3.40. The molecule has 2 aromatic heterocycles. The maximum absolute atomic E-state index is 12.4. The number of pyridine rings is 1. The van der Waals surface area contributed by atoms with Gasteiger partial charge in [0.1, 0.15) is 6.54 Å². The molecule has 23 heavy (non-hydrogen) atoms. The Morgan fingerprint density at radius 3 is 2.57 bits per heavy atom. The highest BCUT2D eigenvalue weighted by Gasteiger charge is 2.26. The average Bonchev–Trinajstić information content (AvgIpc) is 2.88. The van der Waals surface area contributed by atoms with Crippen LogP contribution in [0, 0.1) is 11.8 Å². The normalized spacial score (nSPS) is 21.4. The molecule has 0 radical (unpaired) electrons. The number of carbonyl (C=O) groups excluding carboxylic acids is 1. The smallest absolute Gasteiger partial charge is 0.388 e. The second-order valence-electron chi connectivity index (χ2n) is 6.31. The van der Waals surface area contributed by atoms with E-state index in [1.165, 1.54) is 0 Å². The van der Waals surface area contributed by atoms with Crippen LogP contribution < -0.4 is 5.76 Å². The lowest BCUT2D eigenvalue weighted by Crippen LogP contribution is -2.44. The van der Waals surface area contributed by atoms with Crippen molar-refractivity contribution in [3.05, 3.63) is 35.1 Å². The van der Waals surface area contributed by atoms with Gasteiger partial charge >= 0.3 is 5.76 Å². The Bertz CT molecular complexity index is 727. The lowest BCUT2D eigenvalue weighted by Gasteiger charge is -2.34. The van der Waals surface area contributed by atoms with E-state index in [0.717, 1.165) is 24.2 Å². The Morgan fingerprint density at radius 2 is 1.91 bits per heavy atom. The summed E-state index contributed by atoms with van der Waals surface area (Å²) in [5.74, 6) is 0.433. The van der Waals surface area contributed by atoms with Crippen molar-refractivity contribution in [3.8, 4) is 11.5 Å². The van der Waals surface area contributed by atoms with Crippen LogP contribution in [0.5, 0.6) is 0 Å². The maximum Gasteiger partial charge on any atom is 0.437 e. The maximum atomic E-state index is 12.4. The quantitative estimate of drug-likeness (QED) is 0.855. The molecule has 2 atom stereocenters. The third kappa shape index (κ3) is 3.49. The van der Waals surface area contributed by atoms with E-state index < -0.39 is 5.76 Å². The van der Waals surface area contributed by atoms with Crippen molar-refractivity contribution in [3.63, 3.8) is 0 Å². The van der Waals surface area contributed by atoms with Gasteiger partial charge < -0.3 is 9.32 Å². The lowest BCUT2D eigenvalue weighted by molar-refractivity contribution is -0.134. The zero-order valence-electron chi connectivity index (χ0n) is 13.3. The molecule has 2 aromatic rings. The first-order valence-corrected chi connectivity index (χ1v) is 7.79. The van der Waals surface area contributed by atoms with Gasteiger partial charge in [0.2, 0.25) is 11.8 Å². The highest BCUT2D eigenvalue weighted by atomic mass is 16.4. The van der Waals surface area contributed by atoms with Crippen molar-refractivity contribution in [2.24, 2.45) is 11.8 Å². The van der Waals surface area contributed by atoms with Crippen LogP contribution in [0.4, 0.5) is 0 Å². The molecule has 0 aliphatic carbocycles. The summed E-state index contributed by atoms with van der Waals surface area (Å²) in [5.41, 5.74) is 0.656. The molecule has 0 saturated carbocycles. The van der Waals surface area contributed by atoms with Crippen LogP contribution in [0.25, 0.3) is 11.5 Å². The van der Waals surface area contributed by atoms with E-state index in [2.05, 4.69) is 23.9 Å². The van der Waals surface area contributed by atoms with E-state index in [4.69, 9.17) is 4.42 Å². The molecule has 1 aliphatic rings. The Morgan fingerprint density at radius 1 is 1.26 bits per heavy atom. The SMILES string of the molecule is C[C@@H]1C[C@H](C)CN(C(=O)Cn2nc(-c3ccncc3)oc2=O)C1. The molecule has 1 aliphatic heterocycles. The number of piperidine rings is 1. The van der Waals surface area contributed by atoms with Gasteiger partial charge in [-0.1, -0.05) is 13.8 Å². The fourth-order valence-electron chi connectivity index (χ4n) is 3.11. The fraction of sp³-hybridized carbons (Fsp3) is 0.500. The number of hydrogen-bond acceptors (Lipinski definition) is 5. The summed E-state index contributed by atoms with van der Waals surface area (Å²) in [7, 11) is 0. The highest BCUT2D eigenvalue weighted by molar-refractivity contribution is 5.76. The number of amides is 1. The Kier molecular flexibility index (Phi) is 4.27. The van der Waals surface area contributed by atoms with Gasteiger partial charge in [-0.3, -0.25) is 9.78 Å². The van der Waals surface area contributed by atoms with Crippen molar-refractivity contribution in [1.82, 2.24) is 19.7 Å². The van der Waals surface area contributed by atoms with Crippen LogP contribution in [0.15, 0.2) is 33.7 Å². The summed E-state index contributed by atoms with van der Waals surface area (Å²) in [6.45, 7) is 5.65. The van der Waals surface area contributed by atoms with Crippen LogP contribution in [0.2, 0.25) is 0 Å². The van der Waals surface area contributed by atoms with E-state index >= 15 is 0 Å². The minimum atomic E-state index is -0.622. The van der Waals surface area contributed by atoms with Crippen molar-refractivity contribution in [2.75, 3.05) is 13.1 Å². The number of hydrogen-bond donors (Lipinski definition) is 0. The Balaban J connectivity index is 1.74. The van der Waals surface area contributed by atoms with Crippen LogP contribution in [-0.4, -0.2) is 38.7 Å². The number of aromatic nitrogens is 3. The van der Waals surface area contributed by atoms with Crippen LogP contribution in [-0.2, 0) is 11.3 Å². The highest BCUT2D eigenvalue weighted by Crippen LogP contribution is 2.21. The third-order valence-corrected chi connectivity index (χ3v) is 4.04. The van der Waals surface area contributed by atoms with Crippen LogP contribution in [0.1, 0.15) is 20.3 Å². The molecular formula is C16H20N4O3. The standard InChI is InChI=1S/C16H20N4O3/c1-11-7-12(2)9-19(8-11)14(21)10-20-16(22)23-15(18-20)13-3-5-17-6-4-13/h3-6,11-12H,7-10H2,1-2H3/t11-,12+. The Hall–Kier alpha value is -2.44. The predicted octanol–water partition coefficient (Wildman–Crippen LogP) is 1.40. The molecule has 3 heterocycles. The largest absolute Gasteiger partial charge is 0.437 e. The van der Waals surface area contributed by atoms with Crippen molar-refractivity contribution >= 4 is 5.91 Å². The summed E-state index contributed by atoms with van der Waals surface area (Å²) in [5, 5.41) is 4.12. The Labute approximate surface area is 133 Å². The first-order valence-electron chi connectivity index (χ1n) is 7.79. The number of likely N-dealkylation sites (tertiary alicyclic amines) is 1. The summed E-state index contributed by atoms with van der Waals surface area (Å²) >= 11 is 0. The molecule has 0 N–H and O–H groups in total. The van der Waals surface area contributed by atoms with Crippen molar-refractivity contribution in [1.29, 1.82) is 0 Å². The molecule has 3 rings (SSSR count). The second-order valence-corrected chi connectivity index (χ2v) is 6.31. The zero-order chi connectivity index (χ0) is 16.4. The monoisotopic (exact) mass is 316 g/mol. The fourth-order valence-corrected chi connectivity index (χ4v) is 3.11. The molecule has 1 saturated heterocycles. The molecule has 7 nitrogen and oxygen atoms in total. The van der Waals surface area contributed by atoms with Crippen LogP contribution >= 0.6 is 0 Å². The van der Waals surface area contributed by atoms with Gasteiger partial charge in [-0.25, -0.2) is 4.79 Å². The minimum absolute atomic E-state index is 0.0904. The molecule has 1 amide bonds. The van der Waals surface area contributed by atoms with E-state index in [0.29, 0.717) is 17.4 Å². The molecule has 122 valence electrons. The molecule has 0 spiro atoms. The molecule has 1 fully saturated rings. The first kappa shape index (κ1) is 15.5. The summed E-state index contributed by atoms with van der Waals surface area (Å²) in [6.07, 6.45) is 4.31. The van der Waals surface area contributed by atoms with E-state index in [-0.39, 0.29) is 18.3 Å². The summed E-state index contributed by atoms with van der Waals surface area (Å²) in [4.78, 5) is 30.1. The number of rotatable bonds is 3. The first-order chi connectivity index (χ1) is 11.0. The molecular weight excluding hydrogens is 296 g/mol. The molecule has 0 aromatic carbocycles. The third-order valence-electron chi connectivity index (χ3n) is 4.04. The van der Waals surface area contributed by atoms with E-state index in [9.17, 15) is 9.59 Å². The number of carbonyl (C=O) groups is 1. The predicted molar refractivity (Wildman–Crippen MR) is 83.5 cm³/mol. The van der Waals surface area contributed by atoms with Crippen molar-refractivity contribution in [2.45, 2.75) is 26.8 Å². The minimum Gasteiger partial charge on any atom is -0.388 e. The van der Waals surface area contributed by atoms with Gasteiger partial charge in [0.25, 0.3) is 0 Å². The zero-order valence-corrected chi connectivity index (χ0v) is 13.3. The van der Waals surface area contributed by atoms with E-state index in [1.807, 2.05) is 4.90 Å². The van der Waals surface area contributed by atoms with Gasteiger partial charge in [0, 0.05) is 31.0 Å². The van der Waals surface area contributed by atoms with Crippen LogP contribution in [0.3, 0.4) is 0 Å². The lowest BCUT2D eigenvalue weighted by atomic mass is 9.92. The molecule has 7 heteroatoms. The molecule has 0 bridgehead atoms. The topological polar surface area (TPSA) is 81.2 Å². The van der Waals surface area contributed by atoms with Gasteiger partial charge in [0.15, 0.2) is 0 Å². The molecule has 0 unspecified atom stereocenters. The van der Waals surface area contributed by atoms with Gasteiger partial charge in [0.05, 0.1) is 0 Å².